The minimum Gasteiger partial charge on any atom is -0.368 e. The molecule has 0 heterocycles. The summed E-state index contributed by atoms with van der Waals surface area (Å²) in [6.45, 7) is 2.17. The second kappa shape index (κ2) is 6.31. The molecule has 0 aliphatic heterocycles. The molecular weight excluding hydrogens is 277 g/mol. The smallest absolute Gasteiger partial charge is 0.0511 e. The average molecular weight is 294 g/mol. The second-order valence-electron chi connectivity index (χ2n) is 4.60. The van der Waals surface area contributed by atoms with Crippen LogP contribution in [-0.4, -0.2) is 7.05 Å². The molecule has 0 fully saturated rings. The summed E-state index contributed by atoms with van der Waals surface area (Å²) in [6, 6.07) is 16.5. The first-order valence-electron chi connectivity index (χ1n) is 6.25. The van der Waals surface area contributed by atoms with Gasteiger partial charge in [0.15, 0.2) is 0 Å². The fraction of sp³-hybridized carbons (Fsp3) is 0.250. The lowest BCUT2D eigenvalue weighted by molar-refractivity contribution is 0.737. The summed E-state index contributed by atoms with van der Waals surface area (Å²) >= 11 is 11.9. The summed E-state index contributed by atoms with van der Waals surface area (Å²) in [4.78, 5) is 2.24. The van der Waals surface area contributed by atoms with Crippen molar-refractivity contribution >= 4 is 28.9 Å². The molecule has 19 heavy (non-hydrogen) atoms. The van der Waals surface area contributed by atoms with E-state index in [1.165, 1.54) is 11.3 Å². The number of alkyl halides is 1. The molecule has 0 saturated heterocycles. The molecule has 0 N–H and O–H groups in total. The molecule has 0 aliphatic carbocycles. The molecule has 2 rings (SSSR count). The molecule has 0 amide bonds. The first kappa shape index (κ1) is 14.2. The predicted molar refractivity (Wildman–Crippen MR) is 84.3 cm³/mol. The molecule has 3 heteroatoms. The van der Waals surface area contributed by atoms with Crippen LogP contribution in [0.15, 0.2) is 48.5 Å². The minimum absolute atomic E-state index is 0.265. The maximum atomic E-state index is 6.00. The Balaban J connectivity index is 2.28. The third-order valence-corrected chi connectivity index (χ3v) is 3.99. The number of rotatable bonds is 4. The summed E-state index contributed by atoms with van der Waals surface area (Å²) in [5.41, 5.74) is 3.55. The number of nitrogens with zero attached hydrogens (tertiary/aromatic N) is 1. The van der Waals surface area contributed by atoms with Crippen LogP contribution in [0.1, 0.15) is 24.1 Å². The monoisotopic (exact) mass is 293 g/mol. The van der Waals surface area contributed by atoms with Crippen molar-refractivity contribution in [2.45, 2.75) is 18.8 Å². The van der Waals surface area contributed by atoms with Crippen molar-refractivity contribution in [2.75, 3.05) is 11.9 Å². The molecular formula is C16H17Cl2N. The molecule has 0 spiro atoms. The van der Waals surface area contributed by atoms with Gasteiger partial charge in [0.05, 0.1) is 6.04 Å². The largest absolute Gasteiger partial charge is 0.368 e. The van der Waals surface area contributed by atoms with E-state index in [2.05, 4.69) is 43.1 Å². The lowest BCUT2D eigenvalue weighted by Gasteiger charge is -2.29. The van der Waals surface area contributed by atoms with Crippen molar-refractivity contribution in [2.24, 2.45) is 0 Å². The zero-order valence-corrected chi connectivity index (χ0v) is 12.6. The predicted octanol–water partition coefficient (Wildman–Crippen LogP) is 5.28. The van der Waals surface area contributed by atoms with Gasteiger partial charge in [0.2, 0.25) is 0 Å². The molecule has 0 aromatic heterocycles. The number of hydrogen-bond donors (Lipinski definition) is 0. The fourth-order valence-electron chi connectivity index (χ4n) is 2.14. The van der Waals surface area contributed by atoms with Crippen molar-refractivity contribution in [3.05, 3.63) is 64.7 Å². The Labute approximate surface area is 124 Å². The van der Waals surface area contributed by atoms with Gasteiger partial charge in [-0.05, 0) is 36.2 Å². The highest BCUT2D eigenvalue weighted by Gasteiger charge is 2.14. The Bertz CT molecular complexity index is 537. The molecule has 100 valence electrons. The second-order valence-corrected chi connectivity index (χ2v) is 5.30. The van der Waals surface area contributed by atoms with Gasteiger partial charge in [0.1, 0.15) is 0 Å². The van der Waals surface area contributed by atoms with E-state index >= 15 is 0 Å². The van der Waals surface area contributed by atoms with Crippen molar-refractivity contribution in [3.63, 3.8) is 0 Å². The molecule has 2 aromatic rings. The Hall–Kier alpha value is -1.18. The van der Waals surface area contributed by atoms with E-state index in [1.54, 1.807) is 0 Å². The van der Waals surface area contributed by atoms with Gasteiger partial charge in [0, 0.05) is 23.6 Å². The Kier molecular flexibility index (Phi) is 4.73. The molecule has 2 aromatic carbocycles. The lowest BCUT2D eigenvalue weighted by Crippen LogP contribution is -2.22. The molecule has 1 unspecified atom stereocenters. The van der Waals surface area contributed by atoms with E-state index in [4.69, 9.17) is 23.2 Å². The maximum Gasteiger partial charge on any atom is 0.0511 e. The van der Waals surface area contributed by atoms with Crippen molar-refractivity contribution < 1.29 is 0 Å². The molecule has 1 nitrogen and oxygen atoms in total. The van der Waals surface area contributed by atoms with Crippen LogP contribution in [-0.2, 0) is 5.88 Å². The van der Waals surface area contributed by atoms with Gasteiger partial charge in [-0.2, -0.15) is 0 Å². The molecule has 0 saturated carbocycles. The highest BCUT2D eigenvalue weighted by Crippen LogP contribution is 2.29. The topological polar surface area (TPSA) is 3.24 Å². The van der Waals surface area contributed by atoms with Crippen LogP contribution in [0, 0.1) is 0 Å². The number of hydrogen-bond acceptors (Lipinski definition) is 1. The Morgan fingerprint density at radius 3 is 2.32 bits per heavy atom. The molecule has 0 bridgehead atoms. The molecule has 1 atom stereocenters. The third kappa shape index (κ3) is 3.23. The highest BCUT2D eigenvalue weighted by atomic mass is 35.5. The van der Waals surface area contributed by atoms with Crippen molar-refractivity contribution in [3.8, 4) is 0 Å². The minimum atomic E-state index is 0.265. The van der Waals surface area contributed by atoms with Crippen LogP contribution in [0.4, 0.5) is 5.69 Å². The number of anilines is 1. The highest BCUT2D eigenvalue weighted by molar-refractivity contribution is 6.30. The third-order valence-electron chi connectivity index (χ3n) is 3.45. The SMILES string of the molecule is CC(c1ccc(Cl)cc1)N(C)c1ccccc1CCl. The number of para-hydroxylation sites is 1. The summed E-state index contributed by atoms with van der Waals surface area (Å²) in [5, 5.41) is 0.764. The quantitative estimate of drug-likeness (QED) is 0.694. The first-order valence-corrected chi connectivity index (χ1v) is 7.17. The van der Waals surface area contributed by atoms with E-state index in [9.17, 15) is 0 Å². The van der Waals surface area contributed by atoms with Crippen molar-refractivity contribution in [1.29, 1.82) is 0 Å². The van der Waals surface area contributed by atoms with Gasteiger partial charge >= 0.3 is 0 Å². The van der Waals surface area contributed by atoms with Crippen LogP contribution in [0.5, 0.6) is 0 Å². The zero-order chi connectivity index (χ0) is 13.8. The van der Waals surface area contributed by atoms with E-state index < -0.39 is 0 Å². The van der Waals surface area contributed by atoms with E-state index in [1.807, 2.05) is 24.3 Å². The van der Waals surface area contributed by atoms with Gasteiger partial charge in [-0.15, -0.1) is 11.6 Å². The Morgan fingerprint density at radius 2 is 1.68 bits per heavy atom. The summed E-state index contributed by atoms with van der Waals surface area (Å²) in [5.74, 6) is 0.522. The van der Waals surface area contributed by atoms with Crippen LogP contribution >= 0.6 is 23.2 Å². The standard InChI is InChI=1S/C16H17Cl2N/c1-12(13-7-9-15(18)10-8-13)19(2)16-6-4-3-5-14(16)11-17/h3-10,12H,11H2,1-2H3. The molecule has 0 radical (unpaired) electrons. The van der Waals surface area contributed by atoms with Gasteiger partial charge in [-0.25, -0.2) is 0 Å². The normalized spacial score (nSPS) is 12.2. The van der Waals surface area contributed by atoms with Gasteiger partial charge in [0.25, 0.3) is 0 Å². The average Bonchev–Trinajstić information content (AvgIpc) is 2.46. The summed E-state index contributed by atoms with van der Waals surface area (Å²) in [6.07, 6.45) is 0. The number of halogens is 2. The van der Waals surface area contributed by atoms with Crippen LogP contribution < -0.4 is 4.90 Å². The van der Waals surface area contributed by atoms with Gasteiger partial charge in [-0.1, -0.05) is 41.9 Å². The maximum absolute atomic E-state index is 6.00. The van der Waals surface area contributed by atoms with Crippen LogP contribution in [0.2, 0.25) is 5.02 Å². The molecule has 0 aliphatic rings. The van der Waals surface area contributed by atoms with E-state index in [-0.39, 0.29) is 6.04 Å². The summed E-state index contributed by atoms with van der Waals surface area (Å²) < 4.78 is 0. The van der Waals surface area contributed by atoms with Gasteiger partial charge in [-0.3, -0.25) is 0 Å². The van der Waals surface area contributed by atoms with Crippen LogP contribution in [0.3, 0.4) is 0 Å². The van der Waals surface area contributed by atoms with Crippen LogP contribution in [0.25, 0.3) is 0 Å². The lowest BCUT2D eigenvalue weighted by atomic mass is 10.1. The van der Waals surface area contributed by atoms with E-state index in [0.717, 1.165) is 10.6 Å². The van der Waals surface area contributed by atoms with Gasteiger partial charge < -0.3 is 4.90 Å². The first-order chi connectivity index (χ1) is 9.13. The Morgan fingerprint density at radius 1 is 1.05 bits per heavy atom. The number of benzene rings is 2. The fourth-order valence-corrected chi connectivity index (χ4v) is 2.49. The summed E-state index contributed by atoms with van der Waals surface area (Å²) in [7, 11) is 2.09. The zero-order valence-electron chi connectivity index (χ0n) is 11.1. The van der Waals surface area contributed by atoms with Crippen molar-refractivity contribution in [1.82, 2.24) is 0 Å². The van der Waals surface area contributed by atoms with E-state index in [0.29, 0.717) is 5.88 Å².